The van der Waals surface area contributed by atoms with Gasteiger partial charge in [-0.2, -0.15) is 0 Å². The van der Waals surface area contributed by atoms with Crippen LogP contribution in [-0.2, 0) is 36.9 Å². The van der Waals surface area contributed by atoms with Gasteiger partial charge in [0.05, 0.1) is 39.3 Å². The molecule has 202 valence electrons. The summed E-state index contributed by atoms with van der Waals surface area (Å²) in [5, 5.41) is 1.98. The first kappa shape index (κ1) is 28.7. The van der Waals surface area contributed by atoms with E-state index in [9.17, 15) is 18.8 Å². The van der Waals surface area contributed by atoms with Gasteiger partial charge in [0.25, 0.3) is 0 Å². The molecule has 0 atom stereocenters. The molecule has 0 unspecified atom stereocenters. The second-order valence-electron chi connectivity index (χ2n) is 8.98. The minimum atomic E-state index is -0.429. The fraction of sp³-hybridized carbons (Fsp3) is 0.519. The van der Waals surface area contributed by atoms with Gasteiger partial charge in [-0.15, -0.1) is 11.3 Å². The lowest BCUT2D eigenvalue weighted by Crippen LogP contribution is -2.47. The number of amides is 2. The van der Waals surface area contributed by atoms with E-state index in [4.69, 9.17) is 9.47 Å². The number of esters is 1. The maximum Gasteiger partial charge on any atom is 0.306 e. The van der Waals surface area contributed by atoms with Crippen LogP contribution in [0.25, 0.3) is 0 Å². The molecule has 2 aromatic rings. The molecule has 0 N–H and O–H groups in total. The summed E-state index contributed by atoms with van der Waals surface area (Å²) >= 11 is 1.57. The number of aryl methyl sites for hydroxylation is 1. The van der Waals surface area contributed by atoms with Crippen molar-refractivity contribution in [1.82, 2.24) is 14.7 Å². The summed E-state index contributed by atoms with van der Waals surface area (Å²) in [5.41, 5.74) is 1.90. The molecule has 8 nitrogen and oxygen atoms in total. The molecule has 0 spiro atoms. The number of benzene rings is 1. The van der Waals surface area contributed by atoms with E-state index in [1.165, 1.54) is 17.0 Å². The number of thiophene rings is 1. The highest BCUT2D eigenvalue weighted by Crippen LogP contribution is 2.20. The summed E-state index contributed by atoms with van der Waals surface area (Å²) in [6, 6.07) is 8.09. The number of morpholine rings is 1. The highest BCUT2D eigenvalue weighted by molar-refractivity contribution is 7.10. The molecular weight excluding hydrogens is 497 g/mol. The van der Waals surface area contributed by atoms with E-state index in [0.29, 0.717) is 39.4 Å². The minimum Gasteiger partial charge on any atom is -0.466 e. The maximum atomic E-state index is 13.6. The Bertz CT molecular complexity index is 1020. The van der Waals surface area contributed by atoms with Gasteiger partial charge in [-0.05, 0) is 48.6 Å². The van der Waals surface area contributed by atoms with E-state index < -0.39 is 5.97 Å². The second kappa shape index (κ2) is 14.8. The van der Waals surface area contributed by atoms with Crippen molar-refractivity contribution < 1.29 is 28.2 Å². The van der Waals surface area contributed by atoms with Gasteiger partial charge < -0.3 is 19.3 Å². The largest absolute Gasteiger partial charge is 0.466 e. The molecule has 1 aromatic carbocycles. The average molecular weight is 534 g/mol. The molecule has 0 saturated carbocycles. The summed E-state index contributed by atoms with van der Waals surface area (Å²) in [6.07, 6.45) is -0.0418. The first-order chi connectivity index (χ1) is 17.9. The highest BCUT2D eigenvalue weighted by atomic mass is 32.1. The van der Waals surface area contributed by atoms with Crippen LogP contribution in [0, 0.1) is 12.7 Å². The van der Waals surface area contributed by atoms with Crippen molar-refractivity contribution in [2.24, 2.45) is 0 Å². The number of hydrogen-bond donors (Lipinski definition) is 0. The van der Waals surface area contributed by atoms with E-state index >= 15 is 0 Å². The molecule has 0 bridgehead atoms. The van der Waals surface area contributed by atoms with Crippen LogP contribution in [0.4, 0.5) is 4.39 Å². The van der Waals surface area contributed by atoms with Crippen LogP contribution in [0.5, 0.6) is 0 Å². The summed E-state index contributed by atoms with van der Waals surface area (Å²) < 4.78 is 23.8. The van der Waals surface area contributed by atoms with Gasteiger partial charge in [0.2, 0.25) is 11.8 Å². The van der Waals surface area contributed by atoms with Crippen LogP contribution in [0.2, 0.25) is 0 Å². The molecule has 37 heavy (non-hydrogen) atoms. The SMILES string of the molecule is CCOC(=O)CCC(=O)N(CCN1CCOCC1)CC(=O)N(Cc1ccc(F)cc1)Cc1sccc1C. The van der Waals surface area contributed by atoms with E-state index in [2.05, 4.69) is 4.90 Å². The van der Waals surface area contributed by atoms with Crippen molar-refractivity contribution in [3.8, 4) is 0 Å². The van der Waals surface area contributed by atoms with Gasteiger partial charge in [-0.25, -0.2) is 4.39 Å². The molecule has 1 saturated heterocycles. The Hall–Kier alpha value is -2.82. The van der Waals surface area contributed by atoms with Gasteiger partial charge >= 0.3 is 5.97 Å². The first-order valence-corrected chi connectivity index (χ1v) is 13.5. The van der Waals surface area contributed by atoms with Crippen LogP contribution in [0.15, 0.2) is 35.7 Å². The molecule has 2 heterocycles. The molecular formula is C27H36FN3O5S. The van der Waals surface area contributed by atoms with Gasteiger partial charge in [0.15, 0.2) is 0 Å². The summed E-state index contributed by atoms with van der Waals surface area (Å²) in [5.74, 6) is -1.23. The third-order valence-corrected chi connectivity index (χ3v) is 7.27. The van der Waals surface area contributed by atoms with Crippen molar-refractivity contribution in [2.45, 2.75) is 39.8 Å². The monoisotopic (exact) mass is 533 g/mol. The molecule has 1 aliphatic rings. The molecule has 0 aliphatic carbocycles. The van der Waals surface area contributed by atoms with E-state index in [-0.39, 0.29) is 43.6 Å². The third-order valence-electron chi connectivity index (χ3n) is 6.26. The second-order valence-corrected chi connectivity index (χ2v) is 9.98. The fourth-order valence-corrected chi connectivity index (χ4v) is 4.94. The Labute approximate surface area is 221 Å². The molecule has 3 rings (SSSR count). The van der Waals surface area contributed by atoms with Crippen LogP contribution < -0.4 is 0 Å². The van der Waals surface area contributed by atoms with Crippen molar-refractivity contribution >= 4 is 29.1 Å². The van der Waals surface area contributed by atoms with Gasteiger partial charge in [-0.3, -0.25) is 19.3 Å². The Morgan fingerprint density at radius 2 is 1.76 bits per heavy atom. The smallest absolute Gasteiger partial charge is 0.306 e. The van der Waals surface area contributed by atoms with Gasteiger partial charge in [0.1, 0.15) is 5.82 Å². The number of ether oxygens (including phenoxy) is 2. The van der Waals surface area contributed by atoms with Crippen molar-refractivity contribution in [1.29, 1.82) is 0 Å². The molecule has 0 radical (unpaired) electrons. The fourth-order valence-electron chi connectivity index (χ4n) is 4.02. The van der Waals surface area contributed by atoms with E-state index in [1.54, 1.807) is 35.3 Å². The number of halogens is 1. The Balaban J connectivity index is 1.72. The number of hydrogen-bond acceptors (Lipinski definition) is 7. The zero-order chi connectivity index (χ0) is 26.6. The average Bonchev–Trinajstić information content (AvgIpc) is 3.30. The van der Waals surface area contributed by atoms with Crippen molar-refractivity contribution in [3.05, 3.63) is 57.5 Å². The van der Waals surface area contributed by atoms with Gasteiger partial charge in [-0.1, -0.05) is 12.1 Å². The predicted molar refractivity (Wildman–Crippen MR) is 139 cm³/mol. The highest BCUT2D eigenvalue weighted by Gasteiger charge is 2.24. The van der Waals surface area contributed by atoms with E-state index in [0.717, 1.165) is 29.1 Å². The number of carbonyl (C=O) groups excluding carboxylic acids is 3. The predicted octanol–water partition coefficient (Wildman–Crippen LogP) is 3.23. The first-order valence-electron chi connectivity index (χ1n) is 12.6. The summed E-state index contributed by atoms with van der Waals surface area (Å²) in [7, 11) is 0. The van der Waals surface area contributed by atoms with Crippen molar-refractivity contribution in [3.63, 3.8) is 0 Å². The summed E-state index contributed by atoms with van der Waals surface area (Å²) in [6.45, 7) is 8.38. The third kappa shape index (κ3) is 9.53. The zero-order valence-corrected chi connectivity index (χ0v) is 22.4. The van der Waals surface area contributed by atoms with Crippen LogP contribution in [0.3, 0.4) is 0 Å². The normalized spacial score (nSPS) is 13.8. The topological polar surface area (TPSA) is 79.4 Å². The van der Waals surface area contributed by atoms with Crippen LogP contribution >= 0.6 is 11.3 Å². The standard InChI is InChI=1S/C27H36FN3O5S/c1-3-36-27(34)9-8-25(32)30(12-11-29-13-15-35-16-14-29)20-26(33)31(19-24-21(2)10-17-37-24)18-22-4-6-23(28)7-5-22/h4-7,10,17H,3,8-9,11-16,18-20H2,1-2H3. The van der Waals surface area contributed by atoms with Gasteiger partial charge in [0, 0.05) is 44.0 Å². The number of nitrogens with zero attached hydrogens (tertiary/aromatic N) is 3. The summed E-state index contributed by atoms with van der Waals surface area (Å²) in [4.78, 5) is 45.0. The Kier molecular flexibility index (Phi) is 11.5. The molecule has 1 aliphatic heterocycles. The Morgan fingerprint density at radius 3 is 2.41 bits per heavy atom. The minimum absolute atomic E-state index is 0.0166. The van der Waals surface area contributed by atoms with E-state index in [1.807, 2.05) is 18.4 Å². The number of carbonyl (C=O) groups is 3. The zero-order valence-electron chi connectivity index (χ0n) is 21.6. The lowest BCUT2D eigenvalue weighted by atomic mass is 10.2. The molecule has 10 heteroatoms. The maximum absolute atomic E-state index is 13.6. The quantitative estimate of drug-likeness (QED) is 0.368. The molecule has 1 aromatic heterocycles. The lowest BCUT2D eigenvalue weighted by Gasteiger charge is -2.31. The Morgan fingerprint density at radius 1 is 1.03 bits per heavy atom. The van der Waals surface area contributed by atoms with Crippen molar-refractivity contribution in [2.75, 3.05) is 52.5 Å². The number of rotatable bonds is 13. The lowest BCUT2D eigenvalue weighted by molar-refractivity contribution is -0.146. The van der Waals surface area contributed by atoms with Crippen LogP contribution in [-0.4, -0.2) is 85.0 Å². The molecule has 1 fully saturated rings. The molecule has 2 amide bonds. The van der Waals surface area contributed by atoms with Crippen LogP contribution in [0.1, 0.15) is 35.8 Å².